The Morgan fingerprint density at radius 1 is 1.46 bits per heavy atom. The van der Waals surface area contributed by atoms with Gasteiger partial charge < -0.3 is 10.5 Å². The summed E-state index contributed by atoms with van der Waals surface area (Å²) in [6.07, 6.45) is 3.09. The molecule has 0 aromatic carbocycles. The molecule has 0 fully saturated rings. The Morgan fingerprint density at radius 3 is 3.23 bits per heavy atom. The topological polar surface area (TPSA) is 91.2 Å². The highest BCUT2D eigenvalue weighted by atomic mass is 16.5. The molecule has 13 heavy (non-hydrogen) atoms. The predicted molar refractivity (Wildman–Crippen MR) is 43.1 cm³/mol. The summed E-state index contributed by atoms with van der Waals surface area (Å²) in [5.74, 6) is 0.493. The summed E-state index contributed by atoms with van der Waals surface area (Å²) in [4.78, 5) is 3.91. The minimum Gasteiger partial charge on any atom is -0.475 e. The third-order valence-corrected chi connectivity index (χ3v) is 1.45. The van der Waals surface area contributed by atoms with Crippen molar-refractivity contribution in [3.05, 3.63) is 12.4 Å². The molecule has 2 rings (SSSR count). The zero-order valence-electron chi connectivity index (χ0n) is 6.79. The van der Waals surface area contributed by atoms with Gasteiger partial charge in [0.25, 0.3) is 0 Å². The highest BCUT2D eigenvalue weighted by Gasteiger charge is 2.03. The van der Waals surface area contributed by atoms with Crippen LogP contribution in [0.3, 0.4) is 0 Å². The molecule has 0 spiro atoms. The van der Waals surface area contributed by atoms with Crippen molar-refractivity contribution in [3.8, 4) is 5.88 Å². The molecule has 2 aromatic heterocycles. The Labute approximate surface area is 73.5 Å². The Kier molecular flexibility index (Phi) is 2.01. The van der Waals surface area contributed by atoms with Gasteiger partial charge in [-0.05, 0) is 10.4 Å². The van der Waals surface area contributed by atoms with E-state index < -0.39 is 0 Å². The maximum atomic E-state index is 5.29. The van der Waals surface area contributed by atoms with Crippen molar-refractivity contribution < 1.29 is 4.74 Å². The Balaban J connectivity index is 2.37. The lowest BCUT2D eigenvalue weighted by molar-refractivity contribution is 0.305. The Hall–Kier alpha value is -1.76. The van der Waals surface area contributed by atoms with Crippen LogP contribution in [0.5, 0.6) is 5.88 Å². The van der Waals surface area contributed by atoms with Crippen LogP contribution in [-0.4, -0.2) is 38.2 Å². The van der Waals surface area contributed by atoms with Crippen molar-refractivity contribution in [3.63, 3.8) is 0 Å². The summed E-state index contributed by atoms with van der Waals surface area (Å²) in [6, 6.07) is 0. The fraction of sp³-hybridized carbons (Fsp3) is 0.333. The van der Waals surface area contributed by atoms with Gasteiger partial charge in [-0.15, -0.1) is 5.10 Å². The van der Waals surface area contributed by atoms with Gasteiger partial charge in [0, 0.05) is 6.54 Å². The number of fused-ring (bicyclic) bond motifs is 1. The number of rotatable bonds is 3. The van der Waals surface area contributed by atoms with Crippen LogP contribution in [0.1, 0.15) is 0 Å². The van der Waals surface area contributed by atoms with Crippen LogP contribution in [0, 0.1) is 0 Å². The van der Waals surface area contributed by atoms with Crippen LogP contribution in [0.25, 0.3) is 5.65 Å². The summed E-state index contributed by atoms with van der Waals surface area (Å²) in [5.41, 5.74) is 5.84. The molecule has 2 N–H and O–H groups in total. The first-order chi connectivity index (χ1) is 6.42. The van der Waals surface area contributed by atoms with Crippen molar-refractivity contribution >= 4 is 5.65 Å². The van der Waals surface area contributed by atoms with Gasteiger partial charge in [0.05, 0.1) is 12.4 Å². The Bertz CT molecular complexity index is 399. The molecule has 0 aliphatic carbocycles. The van der Waals surface area contributed by atoms with E-state index in [4.69, 9.17) is 10.5 Å². The largest absolute Gasteiger partial charge is 0.475 e. The average Bonchev–Trinajstić information content (AvgIpc) is 2.62. The van der Waals surface area contributed by atoms with E-state index >= 15 is 0 Å². The first kappa shape index (κ1) is 7.87. The van der Waals surface area contributed by atoms with E-state index in [-0.39, 0.29) is 0 Å². The van der Waals surface area contributed by atoms with E-state index in [1.165, 1.54) is 4.52 Å². The molecule has 0 atom stereocenters. The number of tetrazole rings is 1. The number of hydrogen-bond donors (Lipinski definition) is 1. The number of ether oxygens (including phenoxy) is 1. The maximum absolute atomic E-state index is 5.29. The summed E-state index contributed by atoms with van der Waals surface area (Å²) in [5, 5.41) is 10.9. The van der Waals surface area contributed by atoms with E-state index in [2.05, 4.69) is 20.5 Å². The van der Waals surface area contributed by atoms with E-state index in [9.17, 15) is 0 Å². The molecule has 0 aliphatic heterocycles. The second-order valence-corrected chi connectivity index (χ2v) is 2.33. The van der Waals surface area contributed by atoms with Gasteiger partial charge in [-0.25, -0.2) is 0 Å². The van der Waals surface area contributed by atoms with Crippen LogP contribution in [0.4, 0.5) is 0 Å². The van der Waals surface area contributed by atoms with Crippen LogP contribution < -0.4 is 10.5 Å². The van der Waals surface area contributed by atoms with Gasteiger partial charge in [-0.2, -0.15) is 4.52 Å². The number of aromatic nitrogens is 5. The summed E-state index contributed by atoms with van der Waals surface area (Å²) in [6.45, 7) is 0.860. The summed E-state index contributed by atoms with van der Waals surface area (Å²) >= 11 is 0. The standard InChI is InChI=1S/C6H8N6O/c7-1-2-13-6-4-8-3-5-9-10-11-12(5)6/h3-4H,1-2,7H2. The fourth-order valence-corrected chi connectivity index (χ4v) is 0.916. The molecule has 0 amide bonds. The highest BCUT2D eigenvalue weighted by molar-refractivity contribution is 5.33. The second-order valence-electron chi connectivity index (χ2n) is 2.33. The molecule has 68 valence electrons. The maximum Gasteiger partial charge on any atom is 0.237 e. The molecule has 7 heteroatoms. The van der Waals surface area contributed by atoms with Crippen LogP contribution >= 0.6 is 0 Å². The molecule has 0 saturated heterocycles. The molecule has 2 heterocycles. The van der Waals surface area contributed by atoms with Crippen molar-refractivity contribution in [2.45, 2.75) is 0 Å². The molecule has 0 saturated carbocycles. The first-order valence-electron chi connectivity index (χ1n) is 3.77. The van der Waals surface area contributed by atoms with Gasteiger partial charge in [0.2, 0.25) is 11.5 Å². The number of hydrogen-bond acceptors (Lipinski definition) is 6. The lowest BCUT2D eigenvalue weighted by atomic mass is 10.6. The molecular formula is C6H8N6O. The third kappa shape index (κ3) is 1.41. The normalized spacial score (nSPS) is 10.5. The number of nitrogens with two attached hydrogens (primary N) is 1. The van der Waals surface area contributed by atoms with Crippen molar-refractivity contribution in [2.75, 3.05) is 13.2 Å². The SMILES string of the molecule is NCCOc1cncc2nnnn12. The fourth-order valence-electron chi connectivity index (χ4n) is 0.916. The molecule has 0 unspecified atom stereocenters. The second kappa shape index (κ2) is 3.31. The van der Waals surface area contributed by atoms with E-state index in [1.54, 1.807) is 12.4 Å². The minimum absolute atomic E-state index is 0.417. The van der Waals surface area contributed by atoms with Gasteiger partial charge in [0.15, 0.2) is 0 Å². The van der Waals surface area contributed by atoms with E-state index in [1.807, 2.05) is 0 Å². The van der Waals surface area contributed by atoms with Gasteiger partial charge >= 0.3 is 0 Å². The average molecular weight is 180 g/mol. The predicted octanol–water partition coefficient (Wildman–Crippen LogP) is -1.14. The Morgan fingerprint density at radius 2 is 2.38 bits per heavy atom. The molecule has 0 radical (unpaired) electrons. The van der Waals surface area contributed by atoms with Crippen LogP contribution in [0.15, 0.2) is 12.4 Å². The zero-order valence-corrected chi connectivity index (χ0v) is 6.79. The molecule has 2 aromatic rings. The monoisotopic (exact) mass is 180 g/mol. The van der Waals surface area contributed by atoms with Crippen molar-refractivity contribution in [1.29, 1.82) is 0 Å². The molecule has 0 aliphatic rings. The van der Waals surface area contributed by atoms with E-state index in [0.717, 1.165) is 0 Å². The van der Waals surface area contributed by atoms with Gasteiger partial charge in [-0.1, -0.05) is 0 Å². The minimum atomic E-state index is 0.417. The van der Waals surface area contributed by atoms with Gasteiger partial charge in [0.1, 0.15) is 6.61 Å². The van der Waals surface area contributed by atoms with Crippen LogP contribution in [-0.2, 0) is 0 Å². The first-order valence-corrected chi connectivity index (χ1v) is 3.77. The highest BCUT2D eigenvalue weighted by Crippen LogP contribution is 2.07. The third-order valence-electron chi connectivity index (χ3n) is 1.45. The van der Waals surface area contributed by atoms with Crippen LogP contribution in [0.2, 0.25) is 0 Å². The number of nitrogens with zero attached hydrogens (tertiary/aromatic N) is 5. The zero-order chi connectivity index (χ0) is 9.10. The van der Waals surface area contributed by atoms with Gasteiger partial charge in [-0.3, -0.25) is 4.98 Å². The van der Waals surface area contributed by atoms with E-state index in [0.29, 0.717) is 24.7 Å². The smallest absolute Gasteiger partial charge is 0.237 e. The summed E-state index contributed by atoms with van der Waals surface area (Å²) < 4.78 is 6.72. The van der Waals surface area contributed by atoms with Crippen molar-refractivity contribution in [2.24, 2.45) is 5.73 Å². The molecular weight excluding hydrogens is 172 g/mol. The lowest BCUT2D eigenvalue weighted by Crippen LogP contribution is -2.12. The molecule has 7 nitrogen and oxygen atoms in total. The van der Waals surface area contributed by atoms with Crippen molar-refractivity contribution in [1.82, 2.24) is 25.0 Å². The lowest BCUT2D eigenvalue weighted by Gasteiger charge is -2.03. The summed E-state index contributed by atoms with van der Waals surface area (Å²) in [7, 11) is 0. The molecule has 0 bridgehead atoms. The quantitative estimate of drug-likeness (QED) is 0.641.